The summed E-state index contributed by atoms with van der Waals surface area (Å²) in [4.78, 5) is 10.5. The minimum atomic E-state index is -0.384. The third kappa shape index (κ3) is 1.82. The Bertz CT molecular complexity index is 509. The molecule has 3 nitrogen and oxygen atoms in total. The Balaban J connectivity index is 2.55. The highest BCUT2D eigenvalue weighted by Gasteiger charge is 1.99. The fraction of sp³-hybridized carbons (Fsp3) is 0. The van der Waals surface area contributed by atoms with Crippen LogP contribution in [0.4, 0.5) is 4.39 Å². The number of halogens is 1. The molecular weight excluding hydrogens is 201 g/mol. The lowest BCUT2D eigenvalue weighted by Crippen LogP contribution is -1.88. The predicted octanol–water partition coefficient (Wildman–Crippen LogP) is 2.34. The maximum absolute atomic E-state index is 12.8. The summed E-state index contributed by atoms with van der Waals surface area (Å²) in [5.74, 6) is -0.384. The molecule has 0 aliphatic carbocycles. The summed E-state index contributed by atoms with van der Waals surface area (Å²) in [6.45, 7) is 0. The molecule has 0 aromatic carbocycles. The lowest BCUT2D eigenvalue weighted by Gasteiger charge is -1.99. The zero-order valence-electron chi connectivity index (χ0n) is 7.07. The average molecular weight is 207 g/mol. The molecule has 2 aromatic heterocycles. The second kappa shape index (κ2) is 3.63. The number of pyridine rings is 1. The maximum atomic E-state index is 12.8. The van der Waals surface area contributed by atoms with Crippen LogP contribution >= 0.6 is 12.2 Å². The van der Waals surface area contributed by atoms with Crippen LogP contribution in [-0.4, -0.2) is 15.0 Å². The molecule has 0 amide bonds. The molecule has 5 heteroatoms. The van der Waals surface area contributed by atoms with Crippen molar-refractivity contribution >= 4 is 12.2 Å². The van der Waals surface area contributed by atoms with E-state index in [1.165, 1.54) is 12.3 Å². The first-order chi connectivity index (χ1) is 6.75. The van der Waals surface area contributed by atoms with Crippen LogP contribution in [0.15, 0.2) is 30.9 Å². The standard InChI is InChI=1S/C9H6FN3S/c10-7-1-6(2-11-3-7)8-4-12-5-9(14)13-8/h1-5H,(H,13,14). The normalized spacial score (nSPS) is 10.1. The van der Waals surface area contributed by atoms with Crippen molar-refractivity contribution in [2.45, 2.75) is 0 Å². The van der Waals surface area contributed by atoms with Gasteiger partial charge in [-0.1, -0.05) is 12.2 Å². The molecule has 0 aliphatic heterocycles. The summed E-state index contributed by atoms with van der Waals surface area (Å²) in [7, 11) is 0. The number of hydrogen-bond acceptors (Lipinski definition) is 3. The van der Waals surface area contributed by atoms with E-state index in [1.54, 1.807) is 12.4 Å². The minimum Gasteiger partial charge on any atom is -0.344 e. The zero-order chi connectivity index (χ0) is 9.97. The molecule has 0 atom stereocenters. The van der Waals surface area contributed by atoms with Crippen molar-refractivity contribution in [1.82, 2.24) is 15.0 Å². The van der Waals surface area contributed by atoms with Crippen LogP contribution in [0.25, 0.3) is 11.3 Å². The molecule has 2 rings (SSSR count). The Morgan fingerprint density at radius 2 is 1.93 bits per heavy atom. The van der Waals surface area contributed by atoms with Gasteiger partial charge in [-0.05, 0) is 6.07 Å². The molecule has 0 spiro atoms. The third-order valence-electron chi connectivity index (χ3n) is 1.67. The van der Waals surface area contributed by atoms with Crippen molar-refractivity contribution in [2.24, 2.45) is 0 Å². The van der Waals surface area contributed by atoms with Crippen molar-refractivity contribution in [3.05, 3.63) is 41.3 Å². The van der Waals surface area contributed by atoms with Crippen molar-refractivity contribution in [3.63, 3.8) is 0 Å². The van der Waals surface area contributed by atoms with E-state index >= 15 is 0 Å². The fourth-order valence-corrected chi connectivity index (χ4v) is 1.25. The molecule has 14 heavy (non-hydrogen) atoms. The Kier molecular flexibility index (Phi) is 2.32. The van der Waals surface area contributed by atoms with Crippen LogP contribution in [-0.2, 0) is 0 Å². The smallest absolute Gasteiger partial charge is 0.142 e. The van der Waals surface area contributed by atoms with Crippen LogP contribution in [0.2, 0.25) is 0 Å². The molecule has 0 aliphatic rings. The summed E-state index contributed by atoms with van der Waals surface area (Å²) in [5.41, 5.74) is 1.29. The van der Waals surface area contributed by atoms with Gasteiger partial charge in [-0.2, -0.15) is 0 Å². The van der Waals surface area contributed by atoms with Crippen LogP contribution in [0.3, 0.4) is 0 Å². The van der Waals surface area contributed by atoms with Gasteiger partial charge in [0.2, 0.25) is 0 Å². The van der Waals surface area contributed by atoms with Gasteiger partial charge in [0, 0.05) is 11.8 Å². The number of nitrogens with zero attached hydrogens (tertiary/aromatic N) is 2. The Morgan fingerprint density at radius 3 is 2.64 bits per heavy atom. The molecular formula is C9H6FN3S. The van der Waals surface area contributed by atoms with Gasteiger partial charge in [0.15, 0.2) is 0 Å². The first-order valence-electron chi connectivity index (χ1n) is 3.91. The summed E-state index contributed by atoms with van der Waals surface area (Å²) in [6, 6.07) is 1.37. The van der Waals surface area contributed by atoms with Crippen LogP contribution < -0.4 is 0 Å². The quantitative estimate of drug-likeness (QED) is 0.730. The molecule has 0 fully saturated rings. The van der Waals surface area contributed by atoms with E-state index < -0.39 is 0 Å². The van der Waals surface area contributed by atoms with Crippen LogP contribution in [0, 0.1) is 10.5 Å². The van der Waals surface area contributed by atoms with E-state index in [-0.39, 0.29) is 5.82 Å². The number of H-pyrrole nitrogens is 1. The van der Waals surface area contributed by atoms with E-state index in [9.17, 15) is 4.39 Å². The lowest BCUT2D eigenvalue weighted by atomic mass is 10.2. The molecule has 0 bridgehead atoms. The first-order valence-corrected chi connectivity index (χ1v) is 4.32. The van der Waals surface area contributed by atoms with Crippen LogP contribution in [0.1, 0.15) is 0 Å². The fourth-order valence-electron chi connectivity index (χ4n) is 1.08. The largest absolute Gasteiger partial charge is 0.344 e. The average Bonchev–Trinajstić information content (AvgIpc) is 2.18. The topological polar surface area (TPSA) is 41.6 Å². The number of aromatic amines is 1. The van der Waals surface area contributed by atoms with Gasteiger partial charge in [-0.15, -0.1) is 0 Å². The Labute approximate surface area is 84.7 Å². The molecule has 70 valence electrons. The minimum absolute atomic E-state index is 0.384. The molecule has 2 aromatic rings. The number of rotatable bonds is 1. The molecule has 2 heterocycles. The monoisotopic (exact) mass is 207 g/mol. The van der Waals surface area contributed by atoms with Crippen molar-refractivity contribution < 1.29 is 4.39 Å². The summed E-state index contributed by atoms with van der Waals surface area (Å²) in [5, 5.41) is 0. The highest BCUT2D eigenvalue weighted by Crippen LogP contribution is 2.14. The van der Waals surface area contributed by atoms with E-state index in [1.807, 2.05) is 0 Å². The lowest BCUT2D eigenvalue weighted by molar-refractivity contribution is 0.622. The van der Waals surface area contributed by atoms with E-state index in [4.69, 9.17) is 12.2 Å². The van der Waals surface area contributed by atoms with Gasteiger partial charge in [0.25, 0.3) is 0 Å². The van der Waals surface area contributed by atoms with Gasteiger partial charge in [-0.25, -0.2) is 4.39 Å². The molecule has 0 radical (unpaired) electrons. The van der Waals surface area contributed by atoms with Crippen molar-refractivity contribution in [1.29, 1.82) is 0 Å². The predicted molar refractivity (Wildman–Crippen MR) is 52.6 cm³/mol. The van der Waals surface area contributed by atoms with Gasteiger partial charge in [-0.3, -0.25) is 9.97 Å². The van der Waals surface area contributed by atoms with Crippen molar-refractivity contribution in [2.75, 3.05) is 0 Å². The third-order valence-corrected chi connectivity index (χ3v) is 1.88. The first kappa shape index (κ1) is 8.96. The maximum Gasteiger partial charge on any atom is 0.142 e. The van der Waals surface area contributed by atoms with E-state index in [0.717, 1.165) is 6.20 Å². The Hall–Kier alpha value is -1.62. The van der Waals surface area contributed by atoms with Crippen molar-refractivity contribution in [3.8, 4) is 11.3 Å². The SMILES string of the molecule is Fc1cncc(-c2cncc(=S)[nH]2)c1. The van der Waals surface area contributed by atoms with Gasteiger partial charge < -0.3 is 4.98 Å². The van der Waals surface area contributed by atoms with E-state index in [0.29, 0.717) is 15.9 Å². The van der Waals surface area contributed by atoms with Crippen LogP contribution in [0.5, 0.6) is 0 Å². The van der Waals surface area contributed by atoms with E-state index in [2.05, 4.69) is 15.0 Å². The highest BCUT2D eigenvalue weighted by molar-refractivity contribution is 7.71. The summed E-state index contributed by atoms with van der Waals surface area (Å²) >= 11 is 4.90. The molecule has 1 N–H and O–H groups in total. The second-order valence-electron chi connectivity index (χ2n) is 2.70. The molecule has 0 saturated carbocycles. The summed E-state index contributed by atoms with van der Waals surface area (Å²) < 4.78 is 13.3. The number of nitrogens with one attached hydrogen (secondary N) is 1. The Morgan fingerprint density at radius 1 is 1.14 bits per heavy atom. The molecule has 0 unspecified atom stereocenters. The summed E-state index contributed by atoms with van der Waals surface area (Å²) in [6.07, 6.45) is 5.79. The van der Waals surface area contributed by atoms with Gasteiger partial charge in [0.05, 0.1) is 24.3 Å². The molecule has 0 saturated heterocycles. The number of hydrogen-bond donors (Lipinski definition) is 1. The highest BCUT2D eigenvalue weighted by atomic mass is 32.1. The van der Waals surface area contributed by atoms with Gasteiger partial charge >= 0.3 is 0 Å². The zero-order valence-corrected chi connectivity index (χ0v) is 7.88. The second-order valence-corrected chi connectivity index (χ2v) is 3.14. The number of aromatic nitrogens is 3. The van der Waals surface area contributed by atoms with Gasteiger partial charge in [0.1, 0.15) is 10.5 Å².